The lowest BCUT2D eigenvalue weighted by molar-refractivity contribution is -0.119. The highest BCUT2D eigenvalue weighted by atomic mass is 16.6. The summed E-state index contributed by atoms with van der Waals surface area (Å²) in [7, 11) is 0. The van der Waals surface area contributed by atoms with E-state index in [1.165, 1.54) is 0 Å². The Morgan fingerprint density at radius 1 is 1.00 bits per heavy atom. The molecular weight excluding hydrogens is 104 g/mol. The molecule has 2 heteroatoms. The number of hydrogen-bond donors (Lipinski definition) is 0. The molecule has 1 rings (SSSR count). The Kier molecular flexibility index (Phi) is 1.86. The number of ether oxygens (including phenoxy) is 2. The molecule has 48 valence electrons. The molecule has 0 N–H and O–H groups in total. The van der Waals surface area contributed by atoms with Gasteiger partial charge in [-0.05, 0) is 13.8 Å². The SMILES string of the molecule is CC1CO[C@H](C)CO1. The molecule has 0 bridgehead atoms. The molecule has 8 heavy (non-hydrogen) atoms. The molecule has 1 fully saturated rings. The first-order valence-corrected chi connectivity index (χ1v) is 3.02. The van der Waals surface area contributed by atoms with Crippen molar-refractivity contribution in [3.8, 4) is 0 Å². The summed E-state index contributed by atoms with van der Waals surface area (Å²) in [4.78, 5) is 0. The zero-order valence-electron chi connectivity index (χ0n) is 5.39. The standard InChI is InChI=1S/C6H12O2/c1-5-3-8-6(2)4-7-5/h5-6H,3-4H2,1-2H3/t5-,6?/m1/s1. The van der Waals surface area contributed by atoms with E-state index in [-0.39, 0.29) is 0 Å². The summed E-state index contributed by atoms with van der Waals surface area (Å²) in [6.07, 6.45) is 0.595. The summed E-state index contributed by atoms with van der Waals surface area (Å²) >= 11 is 0. The Hall–Kier alpha value is -0.0800. The highest BCUT2D eigenvalue weighted by Gasteiger charge is 2.13. The summed E-state index contributed by atoms with van der Waals surface area (Å²) < 4.78 is 10.5. The van der Waals surface area contributed by atoms with Crippen molar-refractivity contribution < 1.29 is 9.47 Å². The van der Waals surface area contributed by atoms with Crippen molar-refractivity contribution in [2.45, 2.75) is 26.1 Å². The first-order valence-electron chi connectivity index (χ1n) is 3.02. The lowest BCUT2D eigenvalue weighted by Gasteiger charge is -2.24. The van der Waals surface area contributed by atoms with E-state index in [4.69, 9.17) is 9.47 Å². The Morgan fingerprint density at radius 3 is 1.62 bits per heavy atom. The fourth-order valence-corrected chi connectivity index (χ4v) is 0.696. The Bertz CT molecular complexity index is 54.9. The second kappa shape index (κ2) is 2.46. The molecule has 1 aliphatic rings. The van der Waals surface area contributed by atoms with Crippen LogP contribution in [0, 0.1) is 0 Å². The van der Waals surface area contributed by atoms with Gasteiger partial charge in [-0.25, -0.2) is 0 Å². The molecule has 1 aliphatic heterocycles. The molecule has 0 saturated carbocycles. The summed E-state index contributed by atoms with van der Waals surface area (Å²) in [6.45, 7) is 5.54. The largest absolute Gasteiger partial charge is 0.373 e. The van der Waals surface area contributed by atoms with E-state index in [9.17, 15) is 0 Å². The van der Waals surface area contributed by atoms with Gasteiger partial charge in [0.1, 0.15) is 0 Å². The average molecular weight is 116 g/mol. The molecule has 1 unspecified atom stereocenters. The van der Waals surface area contributed by atoms with E-state index in [1.807, 2.05) is 13.8 Å². The molecule has 2 nitrogen and oxygen atoms in total. The van der Waals surface area contributed by atoms with E-state index in [2.05, 4.69) is 0 Å². The lowest BCUT2D eigenvalue weighted by atomic mass is 10.3. The van der Waals surface area contributed by atoms with E-state index in [0.717, 1.165) is 13.2 Å². The van der Waals surface area contributed by atoms with Crippen LogP contribution in [0.3, 0.4) is 0 Å². The van der Waals surface area contributed by atoms with E-state index in [1.54, 1.807) is 0 Å². The van der Waals surface area contributed by atoms with Gasteiger partial charge in [-0.3, -0.25) is 0 Å². The molecule has 0 amide bonds. The third-order valence-electron chi connectivity index (χ3n) is 1.23. The fourth-order valence-electron chi connectivity index (χ4n) is 0.696. The van der Waals surface area contributed by atoms with Gasteiger partial charge in [-0.15, -0.1) is 0 Å². The Morgan fingerprint density at radius 2 is 1.38 bits per heavy atom. The normalized spacial score (nSPS) is 39.8. The maximum Gasteiger partial charge on any atom is 0.0781 e. The lowest BCUT2D eigenvalue weighted by Crippen LogP contribution is -2.31. The van der Waals surface area contributed by atoms with Crippen molar-refractivity contribution in [3.63, 3.8) is 0 Å². The van der Waals surface area contributed by atoms with Gasteiger partial charge >= 0.3 is 0 Å². The van der Waals surface area contributed by atoms with Crippen molar-refractivity contribution >= 4 is 0 Å². The predicted molar refractivity (Wildman–Crippen MR) is 30.8 cm³/mol. The third kappa shape index (κ3) is 1.46. The quantitative estimate of drug-likeness (QED) is 0.466. The maximum absolute atomic E-state index is 5.27. The molecule has 0 aromatic carbocycles. The minimum absolute atomic E-state index is 0.297. The van der Waals surface area contributed by atoms with Gasteiger partial charge in [-0.2, -0.15) is 0 Å². The first kappa shape index (κ1) is 6.05. The van der Waals surface area contributed by atoms with Crippen LogP contribution in [0.5, 0.6) is 0 Å². The van der Waals surface area contributed by atoms with Crippen LogP contribution in [0.2, 0.25) is 0 Å². The smallest absolute Gasteiger partial charge is 0.0781 e. The molecular formula is C6H12O2. The van der Waals surface area contributed by atoms with Gasteiger partial charge in [0.15, 0.2) is 0 Å². The highest BCUT2D eigenvalue weighted by molar-refractivity contribution is 4.58. The Labute approximate surface area is 49.8 Å². The van der Waals surface area contributed by atoms with Gasteiger partial charge < -0.3 is 9.47 Å². The predicted octanol–water partition coefficient (Wildman–Crippen LogP) is 0.810. The van der Waals surface area contributed by atoms with Crippen molar-refractivity contribution in [2.24, 2.45) is 0 Å². The molecule has 0 aromatic heterocycles. The third-order valence-corrected chi connectivity index (χ3v) is 1.23. The van der Waals surface area contributed by atoms with Crippen molar-refractivity contribution in [3.05, 3.63) is 0 Å². The summed E-state index contributed by atoms with van der Waals surface area (Å²) in [5.41, 5.74) is 0. The van der Waals surface area contributed by atoms with Crippen LogP contribution >= 0.6 is 0 Å². The van der Waals surface area contributed by atoms with Crippen LogP contribution in [0.25, 0.3) is 0 Å². The van der Waals surface area contributed by atoms with Crippen LogP contribution in [-0.4, -0.2) is 25.4 Å². The van der Waals surface area contributed by atoms with Crippen molar-refractivity contribution in [2.75, 3.05) is 13.2 Å². The minimum atomic E-state index is 0.297. The van der Waals surface area contributed by atoms with Crippen LogP contribution in [0.4, 0.5) is 0 Å². The van der Waals surface area contributed by atoms with Gasteiger partial charge in [0.25, 0.3) is 0 Å². The zero-order valence-corrected chi connectivity index (χ0v) is 5.39. The Balaban J connectivity index is 2.19. The van der Waals surface area contributed by atoms with Crippen molar-refractivity contribution in [1.82, 2.24) is 0 Å². The minimum Gasteiger partial charge on any atom is -0.373 e. The summed E-state index contributed by atoms with van der Waals surface area (Å²) in [5.74, 6) is 0. The fraction of sp³-hybridized carbons (Fsp3) is 1.00. The molecule has 2 atom stereocenters. The van der Waals surface area contributed by atoms with Crippen LogP contribution in [0.1, 0.15) is 13.8 Å². The number of hydrogen-bond acceptors (Lipinski definition) is 2. The molecule has 0 spiro atoms. The molecule has 1 heterocycles. The van der Waals surface area contributed by atoms with Gasteiger partial charge in [-0.1, -0.05) is 0 Å². The highest BCUT2D eigenvalue weighted by Crippen LogP contribution is 2.04. The van der Waals surface area contributed by atoms with E-state index in [0.29, 0.717) is 12.2 Å². The van der Waals surface area contributed by atoms with Gasteiger partial charge in [0.2, 0.25) is 0 Å². The molecule has 0 aliphatic carbocycles. The monoisotopic (exact) mass is 116 g/mol. The summed E-state index contributed by atoms with van der Waals surface area (Å²) in [6, 6.07) is 0. The van der Waals surface area contributed by atoms with Crippen LogP contribution in [0.15, 0.2) is 0 Å². The van der Waals surface area contributed by atoms with Gasteiger partial charge in [0, 0.05) is 0 Å². The molecule has 0 radical (unpaired) electrons. The van der Waals surface area contributed by atoms with E-state index >= 15 is 0 Å². The zero-order chi connectivity index (χ0) is 5.98. The first-order chi connectivity index (χ1) is 3.79. The van der Waals surface area contributed by atoms with Crippen LogP contribution in [-0.2, 0) is 9.47 Å². The summed E-state index contributed by atoms with van der Waals surface area (Å²) in [5, 5.41) is 0. The van der Waals surface area contributed by atoms with Gasteiger partial charge in [0.05, 0.1) is 25.4 Å². The topological polar surface area (TPSA) is 18.5 Å². The second-order valence-electron chi connectivity index (χ2n) is 2.29. The molecule has 0 aromatic rings. The maximum atomic E-state index is 5.27. The second-order valence-corrected chi connectivity index (χ2v) is 2.29. The van der Waals surface area contributed by atoms with Crippen molar-refractivity contribution in [1.29, 1.82) is 0 Å². The van der Waals surface area contributed by atoms with Crippen LogP contribution < -0.4 is 0 Å². The van der Waals surface area contributed by atoms with E-state index < -0.39 is 0 Å². The molecule has 1 saturated heterocycles. The number of rotatable bonds is 0. The average Bonchev–Trinajstić information content (AvgIpc) is 1.77.